The van der Waals surface area contributed by atoms with Gasteiger partial charge in [0.05, 0.1) is 20.6 Å². The molecule has 3 aromatic rings. The van der Waals surface area contributed by atoms with Crippen LogP contribution < -0.4 is 15.8 Å². The van der Waals surface area contributed by atoms with Crippen molar-refractivity contribution in [3.05, 3.63) is 87.4 Å². The largest absolute Gasteiger partial charge is 0.396 e. The van der Waals surface area contributed by atoms with Gasteiger partial charge in [-0.1, -0.05) is 59.6 Å². The maximum absolute atomic E-state index is 12.8. The van der Waals surface area contributed by atoms with Gasteiger partial charge in [-0.15, -0.1) is 0 Å². The summed E-state index contributed by atoms with van der Waals surface area (Å²) in [6.07, 6.45) is 0. The lowest BCUT2D eigenvalue weighted by Gasteiger charge is -2.12. The molecule has 9 heteroatoms. The quantitative estimate of drug-likeness (QED) is 0.464. The van der Waals surface area contributed by atoms with E-state index < -0.39 is 15.9 Å². The van der Waals surface area contributed by atoms with Crippen LogP contribution in [0.15, 0.2) is 65.6 Å². The van der Waals surface area contributed by atoms with Gasteiger partial charge in [0.2, 0.25) is 10.0 Å². The Morgan fingerprint density at radius 1 is 1.00 bits per heavy atom. The van der Waals surface area contributed by atoms with Gasteiger partial charge in [0, 0.05) is 17.8 Å². The van der Waals surface area contributed by atoms with Gasteiger partial charge in [0.25, 0.3) is 5.91 Å². The van der Waals surface area contributed by atoms with Crippen LogP contribution in [0.25, 0.3) is 0 Å². The van der Waals surface area contributed by atoms with Gasteiger partial charge in [-0.2, -0.15) is 0 Å². The highest BCUT2D eigenvalue weighted by Crippen LogP contribution is 2.31. The lowest BCUT2D eigenvalue weighted by atomic mass is 10.1. The summed E-state index contributed by atoms with van der Waals surface area (Å²) in [7, 11) is -3.83. The number of nitrogens with two attached hydrogens (primary N) is 1. The molecule has 0 saturated heterocycles. The number of nitrogen functional groups attached to an aromatic ring is 1. The van der Waals surface area contributed by atoms with E-state index in [2.05, 4.69) is 10.0 Å². The van der Waals surface area contributed by atoms with E-state index in [-0.39, 0.29) is 32.7 Å². The first kappa shape index (κ1) is 22.1. The first-order valence-corrected chi connectivity index (χ1v) is 11.1. The summed E-state index contributed by atoms with van der Waals surface area (Å²) in [5.41, 5.74) is 7.77. The molecule has 0 fully saturated rings. The SMILES string of the molecule is Cc1ccc(C(=O)Nc2cc(Cl)c(N)c(Cl)c2)cc1S(=O)(=O)NCc1ccccc1. The van der Waals surface area contributed by atoms with Gasteiger partial charge in [0.15, 0.2) is 0 Å². The van der Waals surface area contributed by atoms with Crippen molar-refractivity contribution in [3.8, 4) is 0 Å². The fraction of sp³-hybridized carbons (Fsp3) is 0.0952. The van der Waals surface area contributed by atoms with Crippen LogP contribution in [0.3, 0.4) is 0 Å². The summed E-state index contributed by atoms with van der Waals surface area (Å²) in [5, 5.41) is 3.05. The zero-order valence-corrected chi connectivity index (χ0v) is 18.3. The molecule has 0 spiro atoms. The summed E-state index contributed by atoms with van der Waals surface area (Å²) < 4.78 is 28.2. The smallest absolute Gasteiger partial charge is 0.255 e. The number of anilines is 2. The van der Waals surface area contributed by atoms with Crippen LogP contribution in [0.5, 0.6) is 0 Å². The molecular formula is C21H19Cl2N3O3S. The number of nitrogens with one attached hydrogen (secondary N) is 2. The highest BCUT2D eigenvalue weighted by molar-refractivity contribution is 7.89. The van der Waals surface area contributed by atoms with E-state index in [1.54, 1.807) is 19.1 Å². The molecule has 0 bridgehead atoms. The van der Waals surface area contributed by atoms with Crippen LogP contribution >= 0.6 is 23.2 Å². The van der Waals surface area contributed by atoms with Crippen LogP contribution in [-0.2, 0) is 16.6 Å². The zero-order valence-electron chi connectivity index (χ0n) is 15.9. The summed E-state index contributed by atoms with van der Waals surface area (Å²) in [6.45, 7) is 1.81. The molecule has 0 aliphatic rings. The fourth-order valence-corrected chi connectivity index (χ4v) is 4.52. The average molecular weight is 464 g/mol. The molecule has 0 unspecified atom stereocenters. The van der Waals surface area contributed by atoms with Gasteiger partial charge < -0.3 is 11.1 Å². The van der Waals surface area contributed by atoms with E-state index in [0.717, 1.165) is 5.56 Å². The highest BCUT2D eigenvalue weighted by atomic mass is 35.5. The van der Waals surface area contributed by atoms with E-state index in [1.807, 2.05) is 30.3 Å². The molecular weight excluding hydrogens is 445 g/mol. The summed E-state index contributed by atoms with van der Waals surface area (Å²) in [4.78, 5) is 12.7. The third-order valence-electron chi connectivity index (χ3n) is 4.39. The van der Waals surface area contributed by atoms with Crippen LogP contribution in [0.1, 0.15) is 21.5 Å². The van der Waals surface area contributed by atoms with Crippen molar-refractivity contribution in [2.45, 2.75) is 18.4 Å². The Kier molecular flexibility index (Phi) is 6.67. The number of benzene rings is 3. The van der Waals surface area contributed by atoms with Gasteiger partial charge >= 0.3 is 0 Å². The maximum atomic E-state index is 12.8. The second kappa shape index (κ2) is 9.06. The van der Waals surface area contributed by atoms with E-state index in [4.69, 9.17) is 28.9 Å². The molecule has 0 atom stereocenters. The second-order valence-corrected chi connectivity index (χ2v) is 9.15. The molecule has 1 amide bonds. The number of amides is 1. The Morgan fingerprint density at radius 2 is 1.63 bits per heavy atom. The number of rotatable bonds is 6. The molecule has 3 aromatic carbocycles. The van der Waals surface area contributed by atoms with Crippen molar-refractivity contribution in [1.29, 1.82) is 0 Å². The van der Waals surface area contributed by atoms with Crippen molar-refractivity contribution >= 4 is 50.5 Å². The predicted octanol–water partition coefficient (Wildman–Crippen LogP) is 4.61. The van der Waals surface area contributed by atoms with Crippen LogP contribution in [0.2, 0.25) is 10.0 Å². The Hall–Kier alpha value is -2.58. The summed E-state index contributed by atoms with van der Waals surface area (Å²) >= 11 is 12.0. The van der Waals surface area contributed by atoms with Crippen LogP contribution in [0.4, 0.5) is 11.4 Å². The summed E-state index contributed by atoms with van der Waals surface area (Å²) in [6, 6.07) is 16.5. The van der Waals surface area contributed by atoms with Crippen molar-refractivity contribution in [1.82, 2.24) is 4.72 Å². The molecule has 0 radical (unpaired) electrons. The topological polar surface area (TPSA) is 101 Å². The minimum atomic E-state index is -3.83. The molecule has 0 aliphatic carbocycles. The number of hydrogen-bond acceptors (Lipinski definition) is 4. The second-order valence-electron chi connectivity index (χ2n) is 6.60. The Labute approximate surface area is 185 Å². The number of carbonyl (C=O) groups excluding carboxylic acids is 1. The number of sulfonamides is 1. The van der Waals surface area contributed by atoms with Gasteiger partial charge in [0.1, 0.15) is 0 Å². The first-order valence-electron chi connectivity index (χ1n) is 8.87. The van der Waals surface area contributed by atoms with Gasteiger partial charge in [-0.05, 0) is 42.3 Å². The lowest BCUT2D eigenvalue weighted by Crippen LogP contribution is -2.24. The van der Waals surface area contributed by atoms with E-state index in [0.29, 0.717) is 11.3 Å². The average Bonchev–Trinajstić information content (AvgIpc) is 2.71. The number of carbonyl (C=O) groups is 1. The minimum absolute atomic E-state index is 0.0273. The van der Waals surface area contributed by atoms with Crippen molar-refractivity contribution in [2.75, 3.05) is 11.1 Å². The maximum Gasteiger partial charge on any atom is 0.255 e. The molecule has 0 aromatic heterocycles. The normalized spacial score (nSPS) is 11.3. The van der Waals surface area contributed by atoms with E-state index in [1.165, 1.54) is 18.2 Å². The lowest BCUT2D eigenvalue weighted by molar-refractivity contribution is 0.102. The van der Waals surface area contributed by atoms with Crippen LogP contribution in [-0.4, -0.2) is 14.3 Å². The number of aryl methyl sites for hydroxylation is 1. The molecule has 6 nitrogen and oxygen atoms in total. The number of halogens is 2. The minimum Gasteiger partial charge on any atom is -0.396 e. The molecule has 3 rings (SSSR count). The molecule has 0 heterocycles. The van der Waals surface area contributed by atoms with Gasteiger partial charge in [-0.3, -0.25) is 4.79 Å². The molecule has 0 saturated carbocycles. The third-order valence-corrected chi connectivity index (χ3v) is 6.55. The summed E-state index contributed by atoms with van der Waals surface area (Å²) in [5.74, 6) is -0.508. The van der Waals surface area contributed by atoms with E-state index in [9.17, 15) is 13.2 Å². The van der Waals surface area contributed by atoms with Crippen molar-refractivity contribution < 1.29 is 13.2 Å². The third kappa shape index (κ3) is 5.12. The molecule has 4 N–H and O–H groups in total. The van der Waals surface area contributed by atoms with Gasteiger partial charge in [-0.25, -0.2) is 13.1 Å². The number of hydrogen-bond donors (Lipinski definition) is 3. The monoisotopic (exact) mass is 463 g/mol. The molecule has 30 heavy (non-hydrogen) atoms. The Bertz CT molecular complexity index is 1180. The first-order chi connectivity index (χ1) is 14.2. The molecule has 156 valence electrons. The fourth-order valence-electron chi connectivity index (χ4n) is 2.74. The van der Waals surface area contributed by atoms with Crippen molar-refractivity contribution in [3.63, 3.8) is 0 Å². The van der Waals surface area contributed by atoms with Crippen molar-refractivity contribution in [2.24, 2.45) is 0 Å². The Balaban J connectivity index is 1.82. The van der Waals surface area contributed by atoms with Crippen LogP contribution in [0, 0.1) is 6.92 Å². The highest BCUT2D eigenvalue weighted by Gasteiger charge is 2.19. The zero-order chi connectivity index (χ0) is 21.9. The van der Waals surface area contributed by atoms with E-state index >= 15 is 0 Å². The molecule has 0 aliphatic heterocycles. The Morgan fingerprint density at radius 3 is 2.27 bits per heavy atom. The standard InChI is InChI=1S/C21H19Cl2N3O3S/c1-13-7-8-15(21(27)26-16-10-17(22)20(24)18(23)11-16)9-19(13)30(28,29)25-12-14-5-3-2-4-6-14/h2-11,25H,12,24H2,1H3,(H,26,27). The predicted molar refractivity (Wildman–Crippen MR) is 120 cm³/mol.